The Morgan fingerprint density at radius 2 is 1.42 bits per heavy atom. The molecule has 242 valence electrons. The average Bonchev–Trinajstić information content (AvgIpc) is 2.94. The summed E-state index contributed by atoms with van der Waals surface area (Å²) in [5.41, 5.74) is 2.69. The highest BCUT2D eigenvalue weighted by Gasteiger charge is 2.40. The predicted molar refractivity (Wildman–Crippen MR) is 146 cm³/mol. The zero-order chi connectivity index (χ0) is 33.2. The number of nitrogens with two attached hydrogens (primary N) is 1. The molecule has 2 aromatic heterocycles. The van der Waals surface area contributed by atoms with E-state index in [-0.39, 0.29) is 30.5 Å². The summed E-state index contributed by atoms with van der Waals surface area (Å²) in [4.78, 5) is 5.67. The molecule has 45 heavy (non-hydrogen) atoms. The lowest BCUT2D eigenvalue weighted by molar-refractivity contribution is -0.142. The lowest BCUT2D eigenvalue weighted by atomic mass is 9.85. The molecular formula is C30H29F9N6. The van der Waals surface area contributed by atoms with Crippen molar-refractivity contribution in [1.29, 1.82) is 0 Å². The number of alkyl halides is 9. The number of terminal acetylenes is 1. The van der Waals surface area contributed by atoms with Crippen molar-refractivity contribution in [3.8, 4) is 12.3 Å². The van der Waals surface area contributed by atoms with E-state index in [2.05, 4.69) is 26.4 Å². The van der Waals surface area contributed by atoms with Crippen LogP contribution in [0, 0.1) is 12.3 Å². The van der Waals surface area contributed by atoms with Crippen LogP contribution >= 0.6 is 0 Å². The first-order chi connectivity index (χ1) is 20.9. The van der Waals surface area contributed by atoms with Crippen molar-refractivity contribution >= 4 is 0 Å². The van der Waals surface area contributed by atoms with Gasteiger partial charge in [0, 0.05) is 25.3 Å². The molecule has 6 nitrogen and oxygen atoms in total. The van der Waals surface area contributed by atoms with E-state index < -0.39 is 53.0 Å². The molecule has 0 aliphatic heterocycles. The number of hydrogen-bond acceptors (Lipinski definition) is 6. The van der Waals surface area contributed by atoms with Crippen molar-refractivity contribution in [2.45, 2.75) is 68.4 Å². The van der Waals surface area contributed by atoms with Crippen LogP contribution in [0.1, 0.15) is 72.0 Å². The van der Waals surface area contributed by atoms with Gasteiger partial charge in [-0.3, -0.25) is 9.88 Å². The fourth-order valence-electron chi connectivity index (χ4n) is 5.01. The van der Waals surface area contributed by atoms with Gasteiger partial charge in [-0.1, -0.05) is 24.5 Å². The summed E-state index contributed by atoms with van der Waals surface area (Å²) in [6, 6.07) is 6.33. The summed E-state index contributed by atoms with van der Waals surface area (Å²) in [6.45, 7) is 1.68. The van der Waals surface area contributed by atoms with Gasteiger partial charge in [0.2, 0.25) is 0 Å². The molecule has 1 aliphatic rings. The van der Waals surface area contributed by atoms with Gasteiger partial charge in [-0.05, 0) is 61.7 Å². The van der Waals surface area contributed by atoms with E-state index in [9.17, 15) is 39.5 Å². The largest absolute Gasteiger partial charge is 0.435 e. The van der Waals surface area contributed by atoms with E-state index in [0.717, 1.165) is 42.8 Å². The Morgan fingerprint density at radius 3 is 1.87 bits per heavy atom. The van der Waals surface area contributed by atoms with Crippen molar-refractivity contribution in [3.05, 3.63) is 88.5 Å². The Kier molecular flexibility index (Phi) is 9.81. The third-order valence-corrected chi connectivity index (χ3v) is 7.84. The van der Waals surface area contributed by atoms with Gasteiger partial charge in [0.25, 0.3) is 0 Å². The molecule has 1 aliphatic carbocycles. The smallest absolute Gasteiger partial charge is 0.322 e. The fourth-order valence-corrected chi connectivity index (χ4v) is 5.01. The molecule has 4 rings (SSSR count). The molecule has 15 heteroatoms. The van der Waals surface area contributed by atoms with Crippen molar-refractivity contribution < 1.29 is 39.5 Å². The highest BCUT2D eigenvalue weighted by atomic mass is 19.4. The predicted octanol–water partition coefficient (Wildman–Crippen LogP) is 6.66. The van der Waals surface area contributed by atoms with Crippen LogP contribution in [0.5, 0.6) is 0 Å². The average molecular weight is 645 g/mol. The summed E-state index contributed by atoms with van der Waals surface area (Å²) >= 11 is 0. The number of halogens is 9. The zero-order valence-electron chi connectivity index (χ0n) is 23.8. The molecule has 1 aromatic carbocycles. The minimum absolute atomic E-state index is 0.0494. The fraction of sp³-hybridized carbons (Fsp3) is 0.433. The normalized spacial score (nSPS) is 17.3. The van der Waals surface area contributed by atoms with E-state index in [1.165, 1.54) is 12.1 Å². The van der Waals surface area contributed by atoms with Gasteiger partial charge in [-0.25, -0.2) is 0 Å². The number of aromatic nitrogens is 3. The monoisotopic (exact) mass is 644 g/mol. The van der Waals surface area contributed by atoms with E-state index in [1.807, 2.05) is 4.90 Å². The quantitative estimate of drug-likeness (QED) is 0.190. The summed E-state index contributed by atoms with van der Waals surface area (Å²) in [7, 11) is 0. The standard InChI is InChI=1S/C30H29F9N6/c1-3-25(24-13-14-26(44-43-24)30(37,38)39)45(21-5-4-6-21)17-27(2,18-7-9-19(10-8-18)28(31,32)33)42-16-22(40)23-12-11-20(15-41-23)29(34,35)36/h1,7-15,21-22,25,42H,4-6,16-17,40H2,2H3/t22-,25-,27?/m1/s1. The molecule has 0 saturated heterocycles. The third kappa shape index (κ3) is 8.11. The van der Waals surface area contributed by atoms with Crippen molar-refractivity contribution in [2.75, 3.05) is 13.1 Å². The van der Waals surface area contributed by atoms with Gasteiger partial charge < -0.3 is 11.1 Å². The van der Waals surface area contributed by atoms with Crippen LogP contribution in [0.2, 0.25) is 0 Å². The lowest BCUT2D eigenvalue weighted by Gasteiger charge is -2.46. The molecule has 1 fully saturated rings. The van der Waals surface area contributed by atoms with Gasteiger partial charge >= 0.3 is 18.5 Å². The molecule has 0 amide bonds. The summed E-state index contributed by atoms with van der Waals surface area (Å²) < 4.78 is 118. The van der Waals surface area contributed by atoms with Gasteiger partial charge in [0.15, 0.2) is 5.69 Å². The second-order valence-corrected chi connectivity index (χ2v) is 11.0. The second-order valence-electron chi connectivity index (χ2n) is 11.0. The number of nitrogens with one attached hydrogen (secondary N) is 1. The first-order valence-corrected chi connectivity index (χ1v) is 13.8. The lowest BCUT2D eigenvalue weighted by Crippen LogP contribution is -2.55. The van der Waals surface area contributed by atoms with E-state index in [4.69, 9.17) is 12.2 Å². The van der Waals surface area contributed by atoms with Gasteiger partial charge in [0.1, 0.15) is 6.04 Å². The molecule has 0 bridgehead atoms. The van der Waals surface area contributed by atoms with Gasteiger partial charge in [-0.2, -0.15) is 44.6 Å². The number of rotatable bonds is 10. The maximum atomic E-state index is 13.3. The number of nitrogens with zero attached hydrogens (tertiary/aromatic N) is 4. The van der Waals surface area contributed by atoms with Crippen LogP contribution in [0.25, 0.3) is 0 Å². The van der Waals surface area contributed by atoms with E-state index in [1.54, 1.807) is 6.92 Å². The molecule has 1 saturated carbocycles. The van der Waals surface area contributed by atoms with Crippen LogP contribution in [0.15, 0.2) is 54.7 Å². The molecule has 3 aromatic rings. The highest BCUT2D eigenvalue weighted by molar-refractivity contribution is 5.31. The molecule has 1 unspecified atom stereocenters. The minimum Gasteiger partial charge on any atom is -0.322 e. The van der Waals surface area contributed by atoms with Crippen LogP contribution < -0.4 is 11.1 Å². The van der Waals surface area contributed by atoms with Crippen molar-refractivity contribution in [3.63, 3.8) is 0 Å². The second kappa shape index (κ2) is 12.9. The maximum Gasteiger partial charge on any atom is 0.435 e. The summed E-state index contributed by atoms with van der Waals surface area (Å²) in [6.07, 6.45) is -5.11. The first-order valence-electron chi connectivity index (χ1n) is 13.8. The maximum absolute atomic E-state index is 13.3. The molecule has 3 N–H and O–H groups in total. The first kappa shape index (κ1) is 34.1. The van der Waals surface area contributed by atoms with Gasteiger partial charge in [0.05, 0.1) is 34.1 Å². The number of benzene rings is 1. The molecule has 3 atom stereocenters. The molecular weight excluding hydrogens is 615 g/mol. The Hall–Kier alpha value is -3.74. The third-order valence-electron chi connectivity index (χ3n) is 7.84. The summed E-state index contributed by atoms with van der Waals surface area (Å²) in [5.74, 6) is 2.58. The Morgan fingerprint density at radius 1 is 0.844 bits per heavy atom. The van der Waals surface area contributed by atoms with E-state index >= 15 is 0 Å². The Bertz CT molecular complexity index is 1460. The Balaban J connectivity index is 1.67. The van der Waals surface area contributed by atoms with Crippen LogP contribution in [-0.2, 0) is 24.1 Å². The SMILES string of the molecule is C#C[C@H](c1ccc(C(F)(F)F)nn1)N(CC(C)(NC[C@@H](N)c1ccc(C(F)(F)F)cn1)c1ccc(C(F)(F)F)cc1)C1CCC1. The van der Waals surface area contributed by atoms with Crippen LogP contribution in [0.4, 0.5) is 39.5 Å². The van der Waals surface area contributed by atoms with E-state index in [0.29, 0.717) is 24.6 Å². The van der Waals surface area contributed by atoms with Crippen molar-refractivity contribution in [2.24, 2.45) is 5.73 Å². The Labute approximate surface area is 253 Å². The molecule has 0 radical (unpaired) electrons. The van der Waals surface area contributed by atoms with Crippen LogP contribution in [-0.4, -0.2) is 39.2 Å². The molecule has 2 heterocycles. The zero-order valence-corrected chi connectivity index (χ0v) is 23.8. The molecule has 0 spiro atoms. The summed E-state index contributed by atoms with van der Waals surface area (Å²) in [5, 5.41) is 10.3. The minimum atomic E-state index is -4.71. The van der Waals surface area contributed by atoms with Crippen molar-refractivity contribution in [1.82, 2.24) is 25.4 Å². The van der Waals surface area contributed by atoms with Gasteiger partial charge in [-0.15, -0.1) is 11.5 Å². The topological polar surface area (TPSA) is 80.0 Å². The highest BCUT2D eigenvalue weighted by Crippen LogP contribution is 2.37. The van der Waals surface area contributed by atoms with Crippen LogP contribution in [0.3, 0.4) is 0 Å². The number of hydrogen-bond donors (Lipinski definition) is 2. The number of pyridine rings is 1.